The highest BCUT2D eigenvalue weighted by Crippen LogP contribution is 2.45. The Hall–Kier alpha value is -0.940. The van der Waals surface area contributed by atoms with Crippen LogP contribution in [0.4, 0.5) is 4.39 Å². The standard InChI is InChI=1S/C16H19BrFNO2/c1-9(12-6-5-11(18)7-14(12)17)19-8-10-3-2-4-13(10)15(19)16(20)21/h5-7,9-10,13,15H,2-4,8H2,1H3,(H,20,21). The second-order valence-corrected chi connectivity index (χ2v) is 7.03. The van der Waals surface area contributed by atoms with E-state index in [1.165, 1.54) is 12.1 Å². The molecule has 1 aliphatic carbocycles. The van der Waals surface area contributed by atoms with Crippen LogP contribution in [-0.2, 0) is 4.79 Å². The maximum Gasteiger partial charge on any atom is 0.321 e. The number of fused-ring (bicyclic) bond motifs is 1. The van der Waals surface area contributed by atoms with E-state index in [4.69, 9.17) is 0 Å². The van der Waals surface area contributed by atoms with Crippen molar-refractivity contribution >= 4 is 21.9 Å². The van der Waals surface area contributed by atoms with Gasteiger partial charge in [0.25, 0.3) is 0 Å². The molecule has 2 aliphatic rings. The Morgan fingerprint density at radius 2 is 2.24 bits per heavy atom. The first-order valence-corrected chi connectivity index (χ1v) is 8.22. The average Bonchev–Trinajstić information content (AvgIpc) is 2.96. The van der Waals surface area contributed by atoms with Crippen LogP contribution >= 0.6 is 15.9 Å². The van der Waals surface area contributed by atoms with E-state index < -0.39 is 12.0 Å². The van der Waals surface area contributed by atoms with Crippen molar-refractivity contribution in [3.63, 3.8) is 0 Å². The summed E-state index contributed by atoms with van der Waals surface area (Å²) in [4.78, 5) is 13.8. The van der Waals surface area contributed by atoms with E-state index in [1.807, 2.05) is 6.92 Å². The summed E-state index contributed by atoms with van der Waals surface area (Å²) in [7, 11) is 0. The molecular weight excluding hydrogens is 337 g/mol. The third kappa shape index (κ3) is 2.61. The second kappa shape index (κ2) is 5.69. The van der Waals surface area contributed by atoms with Gasteiger partial charge in [0.05, 0.1) is 0 Å². The Bertz CT molecular complexity index is 565. The highest BCUT2D eigenvalue weighted by molar-refractivity contribution is 9.10. The lowest BCUT2D eigenvalue weighted by atomic mass is 9.94. The SMILES string of the molecule is CC(c1ccc(F)cc1Br)N1CC2CCCC2C1C(=O)O. The first kappa shape index (κ1) is 15.0. The van der Waals surface area contributed by atoms with Crippen molar-refractivity contribution in [2.24, 2.45) is 11.8 Å². The van der Waals surface area contributed by atoms with Crippen molar-refractivity contribution in [1.82, 2.24) is 4.90 Å². The summed E-state index contributed by atoms with van der Waals surface area (Å²) in [5.41, 5.74) is 0.947. The first-order chi connectivity index (χ1) is 9.99. The summed E-state index contributed by atoms with van der Waals surface area (Å²) in [5, 5.41) is 9.63. The quantitative estimate of drug-likeness (QED) is 0.895. The van der Waals surface area contributed by atoms with Crippen LogP contribution < -0.4 is 0 Å². The van der Waals surface area contributed by atoms with Gasteiger partial charge in [-0.2, -0.15) is 0 Å². The lowest BCUT2D eigenvalue weighted by Crippen LogP contribution is -2.41. The van der Waals surface area contributed by atoms with Gasteiger partial charge in [-0.15, -0.1) is 0 Å². The van der Waals surface area contributed by atoms with E-state index in [2.05, 4.69) is 20.8 Å². The predicted octanol–water partition coefficient (Wildman–Crippen LogP) is 3.83. The molecule has 0 radical (unpaired) electrons. The number of benzene rings is 1. The summed E-state index contributed by atoms with van der Waals surface area (Å²) >= 11 is 3.40. The lowest BCUT2D eigenvalue weighted by Gasteiger charge is -2.31. The minimum atomic E-state index is -0.727. The Morgan fingerprint density at radius 1 is 1.48 bits per heavy atom. The zero-order chi connectivity index (χ0) is 15.1. The number of carbonyl (C=O) groups is 1. The normalized spacial score (nSPS) is 30.3. The number of nitrogens with zero attached hydrogens (tertiary/aromatic N) is 1. The van der Waals surface area contributed by atoms with Gasteiger partial charge in [0, 0.05) is 17.1 Å². The van der Waals surface area contributed by atoms with Gasteiger partial charge in [-0.25, -0.2) is 4.39 Å². The fraction of sp³-hybridized carbons (Fsp3) is 0.562. The number of likely N-dealkylation sites (tertiary alicyclic amines) is 1. The molecule has 0 spiro atoms. The Labute approximate surface area is 132 Å². The van der Waals surface area contributed by atoms with Gasteiger partial charge in [-0.1, -0.05) is 28.4 Å². The number of carboxylic acid groups (broad SMARTS) is 1. The molecule has 0 bridgehead atoms. The van der Waals surface area contributed by atoms with E-state index in [9.17, 15) is 14.3 Å². The number of carboxylic acids is 1. The summed E-state index contributed by atoms with van der Waals surface area (Å²) in [6, 6.07) is 4.18. The first-order valence-electron chi connectivity index (χ1n) is 7.42. The van der Waals surface area contributed by atoms with Crippen LogP contribution in [0.1, 0.15) is 37.8 Å². The lowest BCUT2D eigenvalue weighted by molar-refractivity contribution is -0.144. The molecule has 1 aromatic rings. The molecule has 1 saturated heterocycles. The molecule has 21 heavy (non-hydrogen) atoms. The van der Waals surface area contributed by atoms with Gasteiger partial charge in [-0.05, 0) is 49.3 Å². The number of hydrogen-bond acceptors (Lipinski definition) is 2. The van der Waals surface area contributed by atoms with Crippen molar-refractivity contribution in [1.29, 1.82) is 0 Å². The van der Waals surface area contributed by atoms with Crippen LogP contribution in [0.2, 0.25) is 0 Å². The van der Waals surface area contributed by atoms with Gasteiger partial charge >= 0.3 is 5.97 Å². The second-order valence-electron chi connectivity index (χ2n) is 6.18. The molecule has 114 valence electrons. The van der Waals surface area contributed by atoms with Crippen molar-refractivity contribution in [2.45, 2.75) is 38.3 Å². The monoisotopic (exact) mass is 355 g/mol. The molecule has 1 aromatic carbocycles. The van der Waals surface area contributed by atoms with Crippen LogP contribution in [0.3, 0.4) is 0 Å². The van der Waals surface area contributed by atoms with Gasteiger partial charge < -0.3 is 5.11 Å². The van der Waals surface area contributed by atoms with Crippen LogP contribution in [0.25, 0.3) is 0 Å². The number of halogens is 2. The molecule has 0 aromatic heterocycles. The molecule has 1 aliphatic heterocycles. The maximum atomic E-state index is 13.2. The van der Waals surface area contributed by atoms with Crippen molar-refractivity contribution < 1.29 is 14.3 Å². The molecule has 3 rings (SSSR count). The Kier molecular flexibility index (Phi) is 4.06. The molecule has 1 heterocycles. The van der Waals surface area contributed by atoms with E-state index >= 15 is 0 Å². The van der Waals surface area contributed by atoms with Crippen molar-refractivity contribution in [3.05, 3.63) is 34.1 Å². The van der Waals surface area contributed by atoms with Gasteiger partial charge in [0.1, 0.15) is 11.9 Å². The van der Waals surface area contributed by atoms with E-state index in [0.717, 1.165) is 31.4 Å². The number of hydrogen-bond donors (Lipinski definition) is 1. The third-order valence-corrected chi connectivity index (χ3v) is 5.78. The largest absolute Gasteiger partial charge is 0.480 e. The average molecular weight is 356 g/mol. The Balaban J connectivity index is 1.89. The maximum absolute atomic E-state index is 13.2. The molecule has 5 heteroatoms. The van der Waals surface area contributed by atoms with Crippen LogP contribution in [-0.4, -0.2) is 28.6 Å². The third-order valence-electron chi connectivity index (χ3n) is 5.09. The van der Waals surface area contributed by atoms with Crippen molar-refractivity contribution in [2.75, 3.05) is 6.54 Å². The summed E-state index contributed by atoms with van der Waals surface area (Å²) in [6.45, 7) is 2.83. The van der Waals surface area contributed by atoms with Gasteiger partial charge in [0.2, 0.25) is 0 Å². The molecular formula is C16H19BrFNO2. The van der Waals surface area contributed by atoms with E-state index in [1.54, 1.807) is 6.07 Å². The topological polar surface area (TPSA) is 40.5 Å². The van der Waals surface area contributed by atoms with Crippen LogP contribution in [0.5, 0.6) is 0 Å². The Morgan fingerprint density at radius 3 is 2.90 bits per heavy atom. The number of aliphatic carboxylic acids is 1. The van der Waals surface area contributed by atoms with Crippen molar-refractivity contribution in [3.8, 4) is 0 Å². The fourth-order valence-corrected chi connectivity index (χ4v) is 4.76. The number of rotatable bonds is 3. The van der Waals surface area contributed by atoms with Gasteiger partial charge in [0.15, 0.2) is 0 Å². The van der Waals surface area contributed by atoms with Crippen LogP contribution in [0.15, 0.2) is 22.7 Å². The highest BCUT2D eigenvalue weighted by Gasteiger charge is 2.49. The summed E-state index contributed by atoms with van der Waals surface area (Å²) < 4.78 is 13.9. The highest BCUT2D eigenvalue weighted by atomic mass is 79.9. The zero-order valence-electron chi connectivity index (χ0n) is 11.9. The minimum absolute atomic E-state index is 0.0355. The van der Waals surface area contributed by atoms with E-state index in [0.29, 0.717) is 10.4 Å². The molecule has 1 N–H and O–H groups in total. The predicted molar refractivity (Wildman–Crippen MR) is 81.5 cm³/mol. The molecule has 1 saturated carbocycles. The zero-order valence-corrected chi connectivity index (χ0v) is 13.5. The fourth-order valence-electron chi connectivity index (χ4n) is 4.08. The molecule has 4 atom stereocenters. The van der Waals surface area contributed by atoms with Gasteiger partial charge in [-0.3, -0.25) is 9.69 Å². The summed E-state index contributed by atoms with van der Waals surface area (Å²) in [6.07, 6.45) is 3.28. The molecule has 2 fully saturated rings. The van der Waals surface area contributed by atoms with Crippen LogP contribution in [0, 0.1) is 17.7 Å². The molecule has 4 unspecified atom stereocenters. The molecule has 3 nitrogen and oxygen atoms in total. The molecule has 0 amide bonds. The smallest absolute Gasteiger partial charge is 0.321 e. The minimum Gasteiger partial charge on any atom is -0.480 e. The summed E-state index contributed by atoms with van der Waals surface area (Å²) in [5.74, 6) is -0.252. The van der Waals surface area contributed by atoms with E-state index in [-0.39, 0.29) is 17.8 Å².